The summed E-state index contributed by atoms with van der Waals surface area (Å²) in [6.45, 7) is 11.5. The summed E-state index contributed by atoms with van der Waals surface area (Å²) in [5, 5.41) is 3.00. The van der Waals surface area contributed by atoms with Crippen molar-refractivity contribution in [3.05, 3.63) is 0 Å². The second-order valence-electron chi connectivity index (χ2n) is 4.94. The topological polar surface area (TPSA) is 58.4 Å². The minimum Gasteiger partial charge on any atom is -0.393 e. The first-order chi connectivity index (χ1) is 8.96. The number of carbonyl (C=O) groups is 1. The molecule has 0 bridgehead atoms. The number of nitrogens with one attached hydrogen (secondary N) is 1. The van der Waals surface area contributed by atoms with Gasteiger partial charge in [0.1, 0.15) is 0 Å². The Labute approximate surface area is 123 Å². The average Bonchev–Trinajstić information content (AvgIpc) is 2.34. The molecule has 0 saturated heterocycles. The van der Waals surface area contributed by atoms with Crippen molar-refractivity contribution >= 4 is 23.1 Å². The van der Waals surface area contributed by atoms with Crippen molar-refractivity contribution < 1.29 is 4.79 Å². The number of rotatable bonds is 10. The lowest BCUT2D eigenvalue weighted by Gasteiger charge is -2.21. The van der Waals surface area contributed by atoms with E-state index in [0.717, 1.165) is 32.5 Å². The highest BCUT2D eigenvalue weighted by atomic mass is 32.1. The zero-order valence-corrected chi connectivity index (χ0v) is 13.6. The molecule has 3 N–H and O–H groups in total. The minimum absolute atomic E-state index is 0.0367. The predicted octanol–water partition coefficient (Wildman–Crippen LogP) is 1.93. The van der Waals surface area contributed by atoms with Crippen LogP contribution in [0, 0.1) is 5.92 Å². The molecule has 19 heavy (non-hydrogen) atoms. The molecule has 5 heteroatoms. The van der Waals surface area contributed by atoms with Crippen LogP contribution in [0.2, 0.25) is 0 Å². The Morgan fingerprint density at radius 2 is 1.89 bits per heavy atom. The molecular weight excluding hydrogens is 258 g/mol. The van der Waals surface area contributed by atoms with Gasteiger partial charge in [-0.2, -0.15) is 0 Å². The van der Waals surface area contributed by atoms with E-state index in [2.05, 4.69) is 24.1 Å². The van der Waals surface area contributed by atoms with Gasteiger partial charge in [0, 0.05) is 6.04 Å². The van der Waals surface area contributed by atoms with Gasteiger partial charge in [0.25, 0.3) is 0 Å². The van der Waals surface area contributed by atoms with Crippen molar-refractivity contribution in [2.24, 2.45) is 11.7 Å². The van der Waals surface area contributed by atoms with Gasteiger partial charge in [0.15, 0.2) is 0 Å². The maximum Gasteiger partial charge on any atom is 0.230 e. The average molecular weight is 287 g/mol. The molecule has 0 rings (SSSR count). The highest BCUT2D eigenvalue weighted by molar-refractivity contribution is 7.80. The van der Waals surface area contributed by atoms with E-state index < -0.39 is 0 Å². The molecule has 0 aliphatic rings. The molecule has 4 nitrogen and oxygen atoms in total. The molecule has 0 saturated carbocycles. The molecule has 1 amide bonds. The maximum atomic E-state index is 11.9. The molecule has 0 aliphatic heterocycles. The van der Waals surface area contributed by atoms with Gasteiger partial charge in [-0.15, -0.1) is 0 Å². The first-order valence-electron chi connectivity index (χ1n) is 7.28. The normalized spacial score (nSPS) is 14.2. The molecule has 112 valence electrons. The first kappa shape index (κ1) is 18.3. The van der Waals surface area contributed by atoms with Gasteiger partial charge in [-0.05, 0) is 45.8 Å². The maximum absolute atomic E-state index is 11.9. The van der Waals surface area contributed by atoms with Crippen LogP contribution >= 0.6 is 12.2 Å². The molecule has 0 heterocycles. The number of hydrogen-bond acceptors (Lipinski definition) is 3. The molecule has 0 aliphatic carbocycles. The lowest BCUT2D eigenvalue weighted by Crippen LogP contribution is -2.41. The number of thiocarbonyl (C=S) groups is 1. The van der Waals surface area contributed by atoms with Gasteiger partial charge in [-0.25, -0.2) is 0 Å². The molecule has 2 unspecified atom stereocenters. The number of amides is 1. The fourth-order valence-electron chi connectivity index (χ4n) is 2.09. The second-order valence-corrected chi connectivity index (χ2v) is 5.41. The lowest BCUT2D eigenvalue weighted by atomic mass is 10.0. The third-order valence-electron chi connectivity index (χ3n) is 3.46. The summed E-state index contributed by atoms with van der Waals surface area (Å²) in [6, 6.07) is 0.173. The van der Waals surface area contributed by atoms with Crippen LogP contribution in [-0.2, 0) is 4.79 Å². The molecule has 0 aromatic rings. The van der Waals surface area contributed by atoms with E-state index in [1.165, 1.54) is 0 Å². The van der Waals surface area contributed by atoms with Gasteiger partial charge in [-0.1, -0.05) is 33.0 Å². The van der Waals surface area contributed by atoms with Crippen LogP contribution < -0.4 is 11.1 Å². The van der Waals surface area contributed by atoms with Crippen molar-refractivity contribution in [2.75, 3.05) is 19.6 Å². The molecule has 0 aromatic heterocycles. The first-order valence-corrected chi connectivity index (χ1v) is 7.69. The van der Waals surface area contributed by atoms with Gasteiger partial charge < -0.3 is 16.0 Å². The third kappa shape index (κ3) is 7.47. The fraction of sp³-hybridized carbons (Fsp3) is 0.857. The Morgan fingerprint density at radius 3 is 2.32 bits per heavy atom. The highest BCUT2D eigenvalue weighted by Gasteiger charge is 2.20. The summed E-state index contributed by atoms with van der Waals surface area (Å²) in [5.41, 5.74) is 5.56. The molecule has 0 radical (unpaired) electrons. The van der Waals surface area contributed by atoms with Crippen molar-refractivity contribution in [3.63, 3.8) is 0 Å². The van der Waals surface area contributed by atoms with Crippen LogP contribution in [0.25, 0.3) is 0 Å². The van der Waals surface area contributed by atoms with Crippen LogP contribution in [0.3, 0.4) is 0 Å². The number of hydrogen-bond donors (Lipinski definition) is 2. The van der Waals surface area contributed by atoms with E-state index >= 15 is 0 Å². The monoisotopic (exact) mass is 287 g/mol. The standard InChI is InChI=1S/C14H29N3OS/c1-5-12(13(15)19)14(18)16-11(4)9-8-10-17(6-2)7-3/h11-12H,5-10H2,1-4H3,(H2,15,19)(H,16,18). The Kier molecular flexibility index (Phi) is 9.79. The van der Waals surface area contributed by atoms with Gasteiger partial charge in [0.05, 0.1) is 10.9 Å². The number of nitrogens with two attached hydrogens (primary N) is 1. The van der Waals surface area contributed by atoms with Crippen LogP contribution in [-0.4, -0.2) is 41.5 Å². The van der Waals surface area contributed by atoms with Crippen LogP contribution in [0.4, 0.5) is 0 Å². The van der Waals surface area contributed by atoms with Crippen molar-refractivity contribution in [1.82, 2.24) is 10.2 Å². The van der Waals surface area contributed by atoms with Crippen molar-refractivity contribution in [1.29, 1.82) is 0 Å². The fourth-order valence-corrected chi connectivity index (χ4v) is 2.37. The summed E-state index contributed by atoms with van der Waals surface area (Å²) in [6.07, 6.45) is 2.73. The second kappa shape index (κ2) is 10.1. The van der Waals surface area contributed by atoms with Gasteiger partial charge in [-0.3, -0.25) is 4.79 Å². The number of carbonyl (C=O) groups excluding carboxylic acids is 1. The van der Waals surface area contributed by atoms with Crippen LogP contribution in [0.5, 0.6) is 0 Å². The van der Waals surface area contributed by atoms with E-state index in [-0.39, 0.29) is 22.9 Å². The summed E-state index contributed by atoms with van der Waals surface area (Å²) < 4.78 is 0. The Bertz CT molecular complexity index is 280. The van der Waals surface area contributed by atoms with Crippen LogP contribution in [0.1, 0.15) is 47.0 Å². The molecule has 2 atom stereocenters. The van der Waals surface area contributed by atoms with Crippen molar-refractivity contribution in [2.45, 2.75) is 53.0 Å². The molecule has 0 fully saturated rings. The SMILES string of the molecule is CCC(C(=O)NC(C)CCCN(CC)CC)C(N)=S. The smallest absolute Gasteiger partial charge is 0.230 e. The highest BCUT2D eigenvalue weighted by Crippen LogP contribution is 2.06. The molecular formula is C14H29N3OS. The Morgan fingerprint density at radius 1 is 1.32 bits per heavy atom. The summed E-state index contributed by atoms with van der Waals surface area (Å²) in [4.78, 5) is 14.6. The van der Waals surface area contributed by atoms with Gasteiger partial charge in [0.2, 0.25) is 5.91 Å². The molecule has 0 spiro atoms. The quantitative estimate of drug-likeness (QED) is 0.603. The summed E-state index contributed by atoms with van der Waals surface area (Å²) in [5.74, 6) is -0.370. The zero-order chi connectivity index (χ0) is 14.8. The largest absolute Gasteiger partial charge is 0.393 e. The summed E-state index contributed by atoms with van der Waals surface area (Å²) >= 11 is 4.91. The van der Waals surface area contributed by atoms with Crippen molar-refractivity contribution in [3.8, 4) is 0 Å². The molecule has 0 aromatic carbocycles. The van der Waals surface area contributed by atoms with Crippen LogP contribution in [0.15, 0.2) is 0 Å². The zero-order valence-electron chi connectivity index (χ0n) is 12.7. The Balaban J connectivity index is 4.00. The van der Waals surface area contributed by atoms with E-state index in [1.54, 1.807) is 0 Å². The van der Waals surface area contributed by atoms with E-state index in [9.17, 15) is 4.79 Å². The third-order valence-corrected chi connectivity index (χ3v) is 3.75. The Hall–Kier alpha value is -0.680. The lowest BCUT2D eigenvalue weighted by molar-refractivity contribution is -0.123. The minimum atomic E-state index is -0.333. The predicted molar refractivity (Wildman–Crippen MR) is 85.2 cm³/mol. The number of nitrogens with zero attached hydrogens (tertiary/aromatic N) is 1. The van der Waals surface area contributed by atoms with E-state index in [0.29, 0.717) is 6.42 Å². The summed E-state index contributed by atoms with van der Waals surface area (Å²) in [7, 11) is 0. The van der Waals surface area contributed by atoms with E-state index in [1.807, 2.05) is 13.8 Å². The van der Waals surface area contributed by atoms with E-state index in [4.69, 9.17) is 18.0 Å². The van der Waals surface area contributed by atoms with Gasteiger partial charge >= 0.3 is 0 Å².